The van der Waals surface area contributed by atoms with E-state index < -0.39 is 6.43 Å². The van der Waals surface area contributed by atoms with E-state index in [1.165, 1.54) is 4.90 Å². The molecule has 1 rings (SSSR count). The average Bonchev–Trinajstić information content (AvgIpc) is 2.15. The van der Waals surface area contributed by atoms with Gasteiger partial charge in [-0.15, -0.1) is 0 Å². The number of halogens is 3. The van der Waals surface area contributed by atoms with Crippen LogP contribution in [0.1, 0.15) is 18.5 Å². The minimum Gasteiger partial charge on any atom is -0.369 e. The van der Waals surface area contributed by atoms with Gasteiger partial charge in [-0.25, -0.2) is 8.78 Å². The Kier molecular flexibility index (Phi) is 4.68. The smallest absolute Gasteiger partial charge is 0.255 e. The fourth-order valence-corrected chi connectivity index (χ4v) is 2.16. The van der Waals surface area contributed by atoms with Gasteiger partial charge in [0.25, 0.3) is 6.43 Å². The van der Waals surface area contributed by atoms with Gasteiger partial charge in [0.15, 0.2) is 0 Å². The van der Waals surface area contributed by atoms with Crippen LogP contribution >= 0.6 is 15.9 Å². The first kappa shape index (κ1) is 13.4. The Balaban J connectivity index is 2.88. The van der Waals surface area contributed by atoms with E-state index in [1.807, 2.05) is 13.0 Å². The first-order valence-corrected chi connectivity index (χ1v) is 5.75. The SMILES string of the molecule is CC(N)c1ccc(N(C)CC(F)F)cc1Br. The van der Waals surface area contributed by atoms with Crippen LogP contribution in [0, 0.1) is 0 Å². The van der Waals surface area contributed by atoms with Gasteiger partial charge in [-0.2, -0.15) is 0 Å². The molecule has 16 heavy (non-hydrogen) atoms. The predicted octanol–water partition coefficient (Wildman–Crippen LogP) is 3.17. The highest BCUT2D eigenvalue weighted by molar-refractivity contribution is 9.10. The van der Waals surface area contributed by atoms with Crippen LogP contribution in [0.2, 0.25) is 0 Å². The number of nitrogens with zero attached hydrogens (tertiary/aromatic N) is 1. The summed E-state index contributed by atoms with van der Waals surface area (Å²) >= 11 is 3.39. The Morgan fingerprint density at radius 2 is 2.06 bits per heavy atom. The summed E-state index contributed by atoms with van der Waals surface area (Å²) in [6.07, 6.45) is -2.34. The van der Waals surface area contributed by atoms with Gasteiger partial charge in [0.1, 0.15) is 0 Å². The molecule has 0 spiro atoms. The Morgan fingerprint density at radius 1 is 1.44 bits per heavy atom. The summed E-state index contributed by atoms with van der Waals surface area (Å²) in [5.41, 5.74) is 7.47. The zero-order valence-electron chi connectivity index (χ0n) is 9.25. The van der Waals surface area contributed by atoms with Crippen molar-refractivity contribution < 1.29 is 8.78 Å². The minimum atomic E-state index is -2.34. The predicted molar refractivity (Wildman–Crippen MR) is 66.0 cm³/mol. The molecule has 1 unspecified atom stereocenters. The summed E-state index contributed by atoms with van der Waals surface area (Å²) in [7, 11) is 1.64. The molecule has 0 aliphatic carbocycles. The van der Waals surface area contributed by atoms with E-state index in [4.69, 9.17) is 5.73 Å². The van der Waals surface area contributed by atoms with E-state index >= 15 is 0 Å². The lowest BCUT2D eigenvalue weighted by Crippen LogP contribution is -2.24. The number of benzene rings is 1. The van der Waals surface area contributed by atoms with Gasteiger partial charge in [-0.1, -0.05) is 22.0 Å². The number of hydrogen-bond donors (Lipinski definition) is 1. The number of nitrogens with two attached hydrogens (primary N) is 1. The van der Waals surface area contributed by atoms with Gasteiger partial charge < -0.3 is 10.6 Å². The number of anilines is 1. The Morgan fingerprint density at radius 3 is 2.50 bits per heavy atom. The molecule has 0 saturated carbocycles. The van der Waals surface area contributed by atoms with Crippen molar-refractivity contribution in [2.45, 2.75) is 19.4 Å². The third-order valence-electron chi connectivity index (χ3n) is 2.33. The van der Waals surface area contributed by atoms with E-state index in [0.29, 0.717) is 0 Å². The van der Waals surface area contributed by atoms with Crippen LogP contribution in [0.4, 0.5) is 14.5 Å². The van der Waals surface area contributed by atoms with Crippen molar-refractivity contribution in [1.29, 1.82) is 0 Å². The summed E-state index contributed by atoms with van der Waals surface area (Å²) < 4.78 is 25.3. The van der Waals surface area contributed by atoms with Crippen LogP contribution in [-0.4, -0.2) is 20.0 Å². The zero-order chi connectivity index (χ0) is 12.3. The van der Waals surface area contributed by atoms with Gasteiger partial charge in [0, 0.05) is 23.2 Å². The van der Waals surface area contributed by atoms with Crippen molar-refractivity contribution in [3.63, 3.8) is 0 Å². The molecule has 1 atom stereocenters. The topological polar surface area (TPSA) is 29.3 Å². The van der Waals surface area contributed by atoms with E-state index in [9.17, 15) is 8.78 Å². The first-order chi connectivity index (χ1) is 7.41. The average molecular weight is 293 g/mol. The molecule has 0 heterocycles. The highest BCUT2D eigenvalue weighted by Crippen LogP contribution is 2.27. The molecule has 0 aromatic heterocycles. The Bertz CT molecular complexity index is 356. The summed E-state index contributed by atoms with van der Waals surface area (Å²) in [6, 6.07) is 5.38. The van der Waals surface area contributed by atoms with Crippen molar-refractivity contribution in [3.05, 3.63) is 28.2 Å². The van der Waals surface area contributed by atoms with Crippen LogP contribution in [0.5, 0.6) is 0 Å². The van der Waals surface area contributed by atoms with Gasteiger partial charge in [-0.3, -0.25) is 0 Å². The van der Waals surface area contributed by atoms with Crippen molar-refractivity contribution in [2.75, 3.05) is 18.5 Å². The lowest BCUT2D eigenvalue weighted by molar-refractivity contribution is 0.156. The van der Waals surface area contributed by atoms with E-state index in [2.05, 4.69) is 15.9 Å². The molecule has 0 aliphatic rings. The summed E-state index contributed by atoms with van der Waals surface area (Å²) in [5, 5.41) is 0. The van der Waals surface area contributed by atoms with Crippen molar-refractivity contribution in [1.82, 2.24) is 0 Å². The molecule has 0 radical (unpaired) electrons. The molecule has 0 fully saturated rings. The summed E-state index contributed by atoms with van der Waals surface area (Å²) in [4.78, 5) is 1.51. The van der Waals surface area contributed by atoms with Crippen molar-refractivity contribution >= 4 is 21.6 Å². The molecule has 0 bridgehead atoms. The standard InChI is InChI=1S/C11H15BrF2N2/c1-7(15)9-4-3-8(5-10(9)12)16(2)6-11(13)14/h3-5,7,11H,6,15H2,1-2H3. The monoisotopic (exact) mass is 292 g/mol. The molecule has 0 aliphatic heterocycles. The summed E-state index contributed by atoms with van der Waals surface area (Å²) in [5.74, 6) is 0. The van der Waals surface area contributed by atoms with Crippen LogP contribution in [-0.2, 0) is 0 Å². The second kappa shape index (κ2) is 5.59. The second-order valence-electron chi connectivity index (χ2n) is 3.77. The molecule has 1 aromatic rings. The third-order valence-corrected chi connectivity index (χ3v) is 3.01. The largest absolute Gasteiger partial charge is 0.369 e. The quantitative estimate of drug-likeness (QED) is 0.924. The molecule has 0 saturated heterocycles. The number of hydrogen-bond acceptors (Lipinski definition) is 2. The highest BCUT2D eigenvalue weighted by Gasteiger charge is 2.11. The van der Waals surface area contributed by atoms with Crippen molar-refractivity contribution in [3.8, 4) is 0 Å². The van der Waals surface area contributed by atoms with Gasteiger partial charge in [0.05, 0.1) is 6.54 Å². The second-order valence-corrected chi connectivity index (χ2v) is 4.62. The lowest BCUT2D eigenvalue weighted by atomic mass is 10.1. The lowest BCUT2D eigenvalue weighted by Gasteiger charge is -2.20. The fraction of sp³-hybridized carbons (Fsp3) is 0.455. The molecule has 1 aromatic carbocycles. The van der Waals surface area contributed by atoms with Gasteiger partial charge in [-0.05, 0) is 24.6 Å². The Hall–Kier alpha value is -0.680. The maximum atomic E-state index is 12.2. The van der Waals surface area contributed by atoms with Crippen molar-refractivity contribution in [2.24, 2.45) is 5.73 Å². The molecule has 90 valence electrons. The van der Waals surface area contributed by atoms with E-state index in [0.717, 1.165) is 15.7 Å². The van der Waals surface area contributed by atoms with Crippen LogP contribution in [0.3, 0.4) is 0 Å². The Labute approximate surface area is 103 Å². The van der Waals surface area contributed by atoms with Crippen LogP contribution in [0.25, 0.3) is 0 Å². The molecular weight excluding hydrogens is 278 g/mol. The van der Waals surface area contributed by atoms with Gasteiger partial charge >= 0.3 is 0 Å². The normalized spacial score (nSPS) is 12.9. The summed E-state index contributed by atoms with van der Waals surface area (Å²) in [6.45, 7) is 1.60. The molecular formula is C11H15BrF2N2. The van der Waals surface area contributed by atoms with Crippen LogP contribution < -0.4 is 10.6 Å². The fourth-order valence-electron chi connectivity index (χ4n) is 1.44. The first-order valence-electron chi connectivity index (χ1n) is 4.96. The number of alkyl halides is 2. The third kappa shape index (κ3) is 3.42. The molecule has 0 amide bonds. The maximum Gasteiger partial charge on any atom is 0.255 e. The molecule has 2 nitrogen and oxygen atoms in total. The number of rotatable bonds is 4. The zero-order valence-corrected chi connectivity index (χ0v) is 10.8. The van der Waals surface area contributed by atoms with Gasteiger partial charge in [0.2, 0.25) is 0 Å². The minimum absolute atomic E-state index is 0.0798. The maximum absolute atomic E-state index is 12.2. The van der Waals surface area contributed by atoms with Crippen LogP contribution in [0.15, 0.2) is 22.7 Å². The molecule has 5 heteroatoms. The van der Waals surface area contributed by atoms with E-state index in [-0.39, 0.29) is 12.6 Å². The molecule has 2 N–H and O–H groups in total. The van der Waals surface area contributed by atoms with E-state index in [1.54, 1.807) is 19.2 Å². The highest BCUT2D eigenvalue weighted by atomic mass is 79.9.